The fraction of sp³-hybridized carbons (Fsp3) is 0.294. The van der Waals surface area contributed by atoms with E-state index in [-0.39, 0.29) is 5.91 Å². The molecule has 1 amide bonds. The number of rotatable bonds is 6. The molecule has 0 atom stereocenters. The molecule has 0 saturated carbocycles. The lowest BCUT2D eigenvalue weighted by Gasteiger charge is -2.09. The van der Waals surface area contributed by atoms with Crippen molar-refractivity contribution in [1.29, 1.82) is 0 Å². The van der Waals surface area contributed by atoms with Gasteiger partial charge < -0.3 is 10.6 Å². The summed E-state index contributed by atoms with van der Waals surface area (Å²) in [7, 11) is 1.79. The molecule has 0 aliphatic heterocycles. The number of unbranched alkanes of at least 4 members (excludes halogenated alkanes) is 1. The molecule has 0 aliphatic carbocycles. The van der Waals surface area contributed by atoms with Crippen LogP contribution in [0.5, 0.6) is 0 Å². The quantitative estimate of drug-likeness (QED) is 0.849. The lowest BCUT2D eigenvalue weighted by atomic mass is 10.1. The standard InChI is InChI=1S/C17H21N3O/c1-3-4-5-13-6-8-14(9-7-13)20-17(21)15-12-19-11-10-16(15)18-2/h6-12H,3-5H2,1-2H3,(H,18,19)(H,20,21). The van der Waals surface area contributed by atoms with Gasteiger partial charge in [0, 0.05) is 30.8 Å². The second-order valence-corrected chi connectivity index (χ2v) is 4.93. The zero-order chi connectivity index (χ0) is 15.1. The van der Waals surface area contributed by atoms with Crippen molar-refractivity contribution in [3.05, 3.63) is 53.9 Å². The monoisotopic (exact) mass is 283 g/mol. The molecular weight excluding hydrogens is 262 g/mol. The highest BCUT2D eigenvalue weighted by atomic mass is 16.1. The number of hydrogen-bond acceptors (Lipinski definition) is 3. The molecule has 2 aromatic rings. The molecule has 0 aliphatic rings. The zero-order valence-electron chi connectivity index (χ0n) is 12.5. The number of aromatic nitrogens is 1. The number of nitrogens with zero attached hydrogens (tertiary/aromatic N) is 1. The third-order valence-electron chi connectivity index (χ3n) is 3.37. The Balaban J connectivity index is 2.05. The molecule has 110 valence electrons. The SMILES string of the molecule is CCCCc1ccc(NC(=O)c2cnccc2NC)cc1. The zero-order valence-corrected chi connectivity index (χ0v) is 12.5. The lowest BCUT2D eigenvalue weighted by molar-refractivity contribution is 0.102. The number of pyridine rings is 1. The van der Waals surface area contributed by atoms with Crippen molar-refractivity contribution in [2.75, 3.05) is 17.7 Å². The van der Waals surface area contributed by atoms with Crippen LogP contribution in [0.15, 0.2) is 42.7 Å². The van der Waals surface area contributed by atoms with Crippen LogP contribution in [-0.2, 0) is 6.42 Å². The molecule has 0 saturated heterocycles. The lowest BCUT2D eigenvalue weighted by Crippen LogP contribution is -2.14. The minimum absolute atomic E-state index is 0.159. The van der Waals surface area contributed by atoms with Gasteiger partial charge in [0.15, 0.2) is 0 Å². The van der Waals surface area contributed by atoms with E-state index in [2.05, 4.69) is 34.7 Å². The van der Waals surface area contributed by atoms with E-state index >= 15 is 0 Å². The predicted octanol–water partition coefficient (Wildman–Crippen LogP) is 3.72. The van der Waals surface area contributed by atoms with E-state index in [1.165, 1.54) is 18.4 Å². The number of amides is 1. The molecule has 1 aromatic heterocycles. The number of aryl methyl sites for hydroxylation is 1. The van der Waals surface area contributed by atoms with Crippen LogP contribution in [0.1, 0.15) is 35.7 Å². The summed E-state index contributed by atoms with van der Waals surface area (Å²) in [6.45, 7) is 2.18. The first-order valence-corrected chi connectivity index (χ1v) is 7.26. The first-order valence-electron chi connectivity index (χ1n) is 7.26. The fourth-order valence-corrected chi connectivity index (χ4v) is 2.13. The highest BCUT2D eigenvalue weighted by Gasteiger charge is 2.10. The van der Waals surface area contributed by atoms with Crippen LogP contribution >= 0.6 is 0 Å². The third kappa shape index (κ3) is 4.05. The second-order valence-electron chi connectivity index (χ2n) is 4.93. The number of benzene rings is 1. The molecule has 0 radical (unpaired) electrons. The van der Waals surface area contributed by atoms with Crippen molar-refractivity contribution < 1.29 is 4.79 Å². The summed E-state index contributed by atoms with van der Waals surface area (Å²) in [6.07, 6.45) is 6.68. The number of hydrogen-bond donors (Lipinski definition) is 2. The van der Waals surface area contributed by atoms with E-state index in [1.54, 1.807) is 25.5 Å². The Bertz CT molecular complexity index is 593. The average Bonchev–Trinajstić information content (AvgIpc) is 2.54. The molecule has 0 fully saturated rings. The van der Waals surface area contributed by atoms with Crippen LogP contribution in [0.3, 0.4) is 0 Å². The number of carbonyl (C=O) groups excluding carboxylic acids is 1. The van der Waals surface area contributed by atoms with Crippen LogP contribution in [0, 0.1) is 0 Å². The maximum Gasteiger partial charge on any atom is 0.259 e. The molecule has 0 bridgehead atoms. The summed E-state index contributed by atoms with van der Waals surface area (Å²) < 4.78 is 0. The van der Waals surface area contributed by atoms with E-state index in [9.17, 15) is 4.79 Å². The van der Waals surface area contributed by atoms with Crippen LogP contribution in [0.2, 0.25) is 0 Å². The van der Waals surface area contributed by atoms with Crippen molar-refractivity contribution in [3.8, 4) is 0 Å². The topological polar surface area (TPSA) is 54.0 Å². The molecule has 0 spiro atoms. The molecule has 0 unspecified atom stereocenters. The highest BCUT2D eigenvalue weighted by molar-refractivity contribution is 6.07. The normalized spacial score (nSPS) is 10.2. The number of nitrogens with one attached hydrogen (secondary N) is 2. The minimum atomic E-state index is -0.159. The summed E-state index contributed by atoms with van der Waals surface area (Å²) in [5.74, 6) is -0.159. The van der Waals surface area contributed by atoms with Crippen molar-refractivity contribution in [2.24, 2.45) is 0 Å². The van der Waals surface area contributed by atoms with E-state index in [4.69, 9.17) is 0 Å². The van der Waals surface area contributed by atoms with Crippen LogP contribution in [-0.4, -0.2) is 17.9 Å². The van der Waals surface area contributed by atoms with Gasteiger partial charge in [-0.25, -0.2) is 0 Å². The smallest absolute Gasteiger partial charge is 0.259 e. The van der Waals surface area contributed by atoms with Gasteiger partial charge in [0.05, 0.1) is 5.56 Å². The average molecular weight is 283 g/mol. The van der Waals surface area contributed by atoms with E-state index in [0.717, 1.165) is 17.8 Å². The second kappa shape index (κ2) is 7.43. The first kappa shape index (κ1) is 15.0. The summed E-state index contributed by atoms with van der Waals surface area (Å²) in [6, 6.07) is 9.79. The van der Waals surface area contributed by atoms with E-state index in [0.29, 0.717) is 5.56 Å². The van der Waals surface area contributed by atoms with Crippen LogP contribution in [0.25, 0.3) is 0 Å². The summed E-state index contributed by atoms with van der Waals surface area (Å²) in [4.78, 5) is 16.3. The summed E-state index contributed by atoms with van der Waals surface area (Å²) >= 11 is 0. The van der Waals surface area contributed by atoms with Gasteiger partial charge in [0.1, 0.15) is 0 Å². The Morgan fingerprint density at radius 2 is 1.95 bits per heavy atom. The Hall–Kier alpha value is -2.36. The first-order chi connectivity index (χ1) is 10.2. The molecule has 1 heterocycles. The van der Waals surface area contributed by atoms with Crippen LogP contribution in [0.4, 0.5) is 11.4 Å². The van der Waals surface area contributed by atoms with Crippen LogP contribution < -0.4 is 10.6 Å². The maximum atomic E-state index is 12.3. The van der Waals surface area contributed by atoms with Gasteiger partial charge in [0.2, 0.25) is 0 Å². The molecule has 2 rings (SSSR count). The largest absolute Gasteiger partial charge is 0.387 e. The molecule has 4 nitrogen and oxygen atoms in total. The molecule has 21 heavy (non-hydrogen) atoms. The van der Waals surface area contributed by atoms with Crippen molar-refractivity contribution in [3.63, 3.8) is 0 Å². The van der Waals surface area contributed by atoms with Gasteiger partial charge in [-0.15, -0.1) is 0 Å². The van der Waals surface area contributed by atoms with Gasteiger partial charge in [-0.3, -0.25) is 9.78 Å². The summed E-state index contributed by atoms with van der Waals surface area (Å²) in [5, 5.41) is 5.89. The third-order valence-corrected chi connectivity index (χ3v) is 3.37. The predicted molar refractivity (Wildman–Crippen MR) is 86.8 cm³/mol. The van der Waals surface area contributed by atoms with E-state index in [1.807, 2.05) is 12.1 Å². The number of carbonyl (C=O) groups is 1. The Morgan fingerprint density at radius 3 is 2.62 bits per heavy atom. The van der Waals surface area contributed by atoms with Crippen molar-refractivity contribution in [2.45, 2.75) is 26.2 Å². The molecule has 4 heteroatoms. The fourth-order valence-electron chi connectivity index (χ4n) is 2.13. The molecule has 2 N–H and O–H groups in total. The van der Waals surface area contributed by atoms with Gasteiger partial charge in [-0.2, -0.15) is 0 Å². The minimum Gasteiger partial charge on any atom is -0.387 e. The van der Waals surface area contributed by atoms with Crippen molar-refractivity contribution >= 4 is 17.3 Å². The van der Waals surface area contributed by atoms with Crippen molar-refractivity contribution in [1.82, 2.24) is 4.98 Å². The maximum absolute atomic E-state index is 12.3. The van der Waals surface area contributed by atoms with Gasteiger partial charge in [-0.05, 0) is 36.6 Å². The van der Waals surface area contributed by atoms with Gasteiger partial charge >= 0.3 is 0 Å². The molecular formula is C17H21N3O. The van der Waals surface area contributed by atoms with E-state index < -0.39 is 0 Å². The Labute approximate surface area is 125 Å². The number of anilines is 2. The Kier molecular flexibility index (Phi) is 5.32. The summed E-state index contributed by atoms with van der Waals surface area (Å²) in [5.41, 5.74) is 3.40. The Morgan fingerprint density at radius 1 is 1.19 bits per heavy atom. The highest BCUT2D eigenvalue weighted by Crippen LogP contribution is 2.16. The van der Waals surface area contributed by atoms with Gasteiger partial charge in [0.25, 0.3) is 5.91 Å². The van der Waals surface area contributed by atoms with Gasteiger partial charge in [-0.1, -0.05) is 25.5 Å². The molecule has 1 aromatic carbocycles.